The lowest BCUT2D eigenvalue weighted by Gasteiger charge is -2.39. The lowest BCUT2D eigenvalue weighted by molar-refractivity contribution is -0.246. The first-order chi connectivity index (χ1) is 14.5. The molecule has 31 heavy (non-hydrogen) atoms. The molecule has 2 amide bonds. The summed E-state index contributed by atoms with van der Waals surface area (Å²) in [6.07, 6.45) is -5.26. The molecule has 0 spiro atoms. The highest BCUT2D eigenvalue weighted by molar-refractivity contribution is 5.96. The van der Waals surface area contributed by atoms with Crippen molar-refractivity contribution >= 4 is 11.8 Å². The SMILES string of the molecule is CN(C)C(=O)COC1CN(C(=O)c2ccc3c(c2)C(O)(C(F)(F)F)c2ccccc2-3)C1. The molecule has 9 heteroatoms. The number of halogens is 3. The van der Waals surface area contributed by atoms with E-state index in [0.717, 1.165) is 6.07 Å². The van der Waals surface area contributed by atoms with E-state index in [4.69, 9.17) is 4.74 Å². The Morgan fingerprint density at radius 2 is 1.77 bits per heavy atom. The third-order valence-corrected chi connectivity index (χ3v) is 5.75. The molecule has 0 saturated carbocycles. The fraction of sp³-hybridized carbons (Fsp3) is 0.364. The Bertz CT molecular complexity index is 1050. The van der Waals surface area contributed by atoms with Gasteiger partial charge in [0.1, 0.15) is 6.61 Å². The molecule has 2 aliphatic rings. The first-order valence-corrected chi connectivity index (χ1v) is 9.68. The Balaban J connectivity index is 1.55. The van der Waals surface area contributed by atoms with E-state index in [0.29, 0.717) is 5.56 Å². The van der Waals surface area contributed by atoms with E-state index in [-0.39, 0.29) is 54.0 Å². The van der Waals surface area contributed by atoms with Crippen LogP contribution in [0.3, 0.4) is 0 Å². The zero-order valence-corrected chi connectivity index (χ0v) is 16.9. The van der Waals surface area contributed by atoms with Crippen LogP contribution in [0.15, 0.2) is 42.5 Å². The number of carbonyl (C=O) groups is 2. The van der Waals surface area contributed by atoms with Gasteiger partial charge in [0.2, 0.25) is 11.5 Å². The monoisotopic (exact) mass is 434 g/mol. The van der Waals surface area contributed by atoms with Crippen molar-refractivity contribution < 1.29 is 32.6 Å². The predicted molar refractivity (Wildman–Crippen MR) is 105 cm³/mol. The highest BCUT2D eigenvalue weighted by Crippen LogP contribution is 2.55. The number of fused-ring (bicyclic) bond motifs is 3. The van der Waals surface area contributed by atoms with Crippen molar-refractivity contribution in [3.63, 3.8) is 0 Å². The largest absolute Gasteiger partial charge is 0.425 e. The number of nitrogens with zero attached hydrogens (tertiary/aromatic N) is 2. The molecule has 1 saturated heterocycles. The van der Waals surface area contributed by atoms with E-state index in [1.165, 1.54) is 40.1 Å². The fourth-order valence-electron chi connectivity index (χ4n) is 3.91. The number of alkyl halides is 3. The zero-order valence-electron chi connectivity index (χ0n) is 16.9. The van der Waals surface area contributed by atoms with Gasteiger partial charge in [0.15, 0.2) is 0 Å². The summed E-state index contributed by atoms with van der Waals surface area (Å²) in [7, 11) is 3.22. The number of aliphatic hydroxyl groups is 1. The maximum Gasteiger partial charge on any atom is 0.425 e. The summed E-state index contributed by atoms with van der Waals surface area (Å²) in [5, 5.41) is 10.8. The van der Waals surface area contributed by atoms with E-state index in [1.807, 2.05) is 0 Å². The minimum Gasteiger partial charge on any atom is -0.372 e. The average molecular weight is 434 g/mol. The molecule has 1 N–H and O–H groups in total. The van der Waals surface area contributed by atoms with Gasteiger partial charge in [-0.25, -0.2) is 0 Å². The van der Waals surface area contributed by atoms with Crippen LogP contribution in [0.2, 0.25) is 0 Å². The van der Waals surface area contributed by atoms with Gasteiger partial charge < -0.3 is 19.6 Å². The Morgan fingerprint density at radius 3 is 2.42 bits per heavy atom. The first kappa shape index (κ1) is 21.3. The molecular weight excluding hydrogens is 413 g/mol. The number of carbonyl (C=O) groups excluding carboxylic acids is 2. The third-order valence-electron chi connectivity index (χ3n) is 5.75. The molecule has 0 radical (unpaired) electrons. The van der Waals surface area contributed by atoms with Crippen molar-refractivity contribution in [2.45, 2.75) is 17.9 Å². The van der Waals surface area contributed by atoms with Crippen molar-refractivity contribution in [3.05, 3.63) is 59.2 Å². The number of likely N-dealkylation sites (tertiary alicyclic amines) is 1. The number of hydrogen-bond donors (Lipinski definition) is 1. The van der Waals surface area contributed by atoms with Crippen LogP contribution < -0.4 is 0 Å². The summed E-state index contributed by atoms with van der Waals surface area (Å²) < 4.78 is 47.2. The number of benzene rings is 2. The minimum atomic E-state index is -4.95. The van der Waals surface area contributed by atoms with E-state index in [2.05, 4.69) is 0 Å². The predicted octanol–water partition coefficient (Wildman–Crippen LogP) is 2.39. The number of ether oxygens (including phenoxy) is 1. The Morgan fingerprint density at radius 1 is 1.13 bits per heavy atom. The van der Waals surface area contributed by atoms with E-state index in [9.17, 15) is 27.9 Å². The molecule has 4 rings (SSSR count). The number of hydrogen-bond acceptors (Lipinski definition) is 4. The molecule has 1 unspecified atom stereocenters. The van der Waals surface area contributed by atoms with Gasteiger partial charge in [-0.2, -0.15) is 13.2 Å². The van der Waals surface area contributed by atoms with Crippen LogP contribution in [0.25, 0.3) is 11.1 Å². The van der Waals surface area contributed by atoms with Gasteiger partial charge in [0, 0.05) is 43.9 Å². The molecule has 0 aromatic heterocycles. The highest BCUT2D eigenvalue weighted by Gasteiger charge is 2.60. The van der Waals surface area contributed by atoms with Crippen molar-refractivity contribution in [1.29, 1.82) is 0 Å². The van der Waals surface area contributed by atoms with E-state index in [1.54, 1.807) is 20.2 Å². The van der Waals surface area contributed by atoms with Crippen molar-refractivity contribution in [3.8, 4) is 11.1 Å². The van der Waals surface area contributed by atoms with Crippen LogP contribution in [0.1, 0.15) is 21.5 Å². The maximum atomic E-state index is 13.9. The molecule has 1 atom stereocenters. The van der Waals surface area contributed by atoms with E-state index < -0.39 is 17.7 Å². The fourth-order valence-corrected chi connectivity index (χ4v) is 3.91. The van der Waals surface area contributed by atoms with Gasteiger partial charge >= 0.3 is 6.18 Å². The van der Waals surface area contributed by atoms with Crippen molar-refractivity contribution in [1.82, 2.24) is 9.80 Å². The summed E-state index contributed by atoms with van der Waals surface area (Å²) >= 11 is 0. The van der Waals surface area contributed by atoms with Gasteiger partial charge in [-0.05, 0) is 23.3 Å². The first-order valence-electron chi connectivity index (χ1n) is 9.68. The van der Waals surface area contributed by atoms with Gasteiger partial charge in [0.25, 0.3) is 5.91 Å². The van der Waals surface area contributed by atoms with Gasteiger partial charge in [-0.15, -0.1) is 0 Å². The number of amides is 2. The number of rotatable bonds is 4. The molecule has 6 nitrogen and oxygen atoms in total. The normalized spacial score (nSPS) is 20.1. The molecule has 1 heterocycles. The topological polar surface area (TPSA) is 70.1 Å². The van der Waals surface area contributed by atoms with Crippen LogP contribution in [-0.4, -0.2) is 72.8 Å². The molecular formula is C22H21F3N2O4. The Kier molecular flexibility index (Phi) is 5.06. The molecule has 2 aromatic carbocycles. The van der Waals surface area contributed by atoms with Crippen LogP contribution in [-0.2, 0) is 15.1 Å². The number of likely N-dealkylation sites (N-methyl/N-ethyl adjacent to an activating group) is 1. The highest BCUT2D eigenvalue weighted by atomic mass is 19.4. The molecule has 0 bridgehead atoms. The third kappa shape index (κ3) is 3.37. The van der Waals surface area contributed by atoms with Crippen LogP contribution in [0.5, 0.6) is 0 Å². The molecule has 1 aliphatic carbocycles. The summed E-state index contributed by atoms with van der Waals surface area (Å²) in [6, 6.07) is 9.83. The summed E-state index contributed by atoms with van der Waals surface area (Å²) in [5.74, 6) is -0.656. The molecule has 164 valence electrons. The summed E-state index contributed by atoms with van der Waals surface area (Å²) in [4.78, 5) is 27.2. The maximum absolute atomic E-state index is 13.9. The minimum absolute atomic E-state index is 0.0528. The van der Waals surface area contributed by atoms with Gasteiger partial charge in [-0.1, -0.05) is 30.3 Å². The Labute approximate surface area is 176 Å². The van der Waals surface area contributed by atoms with Crippen molar-refractivity contribution in [2.75, 3.05) is 33.8 Å². The second-order valence-electron chi connectivity index (χ2n) is 7.95. The Hall–Kier alpha value is -2.91. The van der Waals surface area contributed by atoms with E-state index >= 15 is 0 Å². The quantitative estimate of drug-likeness (QED) is 0.803. The standard InChI is InChI=1S/C22H21F3N2O4/c1-26(2)19(28)12-31-14-10-27(11-14)20(29)13-7-8-16-15-5-3-4-6-17(15)21(30,18(16)9-13)22(23,24)25/h3-9,14,30H,10-12H2,1-2H3. The smallest absolute Gasteiger partial charge is 0.372 e. The molecule has 1 aliphatic heterocycles. The lowest BCUT2D eigenvalue weighted by Crippen LogP contribution is -2.55. The van der Waals surface area contributed by atoms with Crippen molar-refractivity contribution in [2.24, 2.45) is 0 Å². The van der Waals surface area contributed by atoms with Crippen LogP contribution >= 0.6 is 0 Å². The second kappa shape index (κ2) is 7.35. The zero-order chi connectivity index (χ0) is 22.6. The molecule has 2 aromatic rings. The van der Waals surface area contributed by atoms with Gasteiger partial charge in [0.05, 0.1) is 6.10 Å². The lowest BCUT2D eigenvalue weighted by atomic mass is 9.89. The second-order valence-corrected chi connectivity index (χ2v) is 7.95. The average Bonchev–Trinajstić information content (AvgIpc) is 2.96. The summed E-state index contributed by atoms with van der Waals surface area (Å²) in [5.41, 5.74) is -3.18. The van der Waals surface area contributed by atoms with Crippen LogP contribution in [0, 0.1) is 0 Å². The molecule has 1 fully saturated rings. The van der Waals surface area contributed by atoms with Crippen LogP contribution in [0.4, 0.5) is 13.2 Å². The van der Waals surface area contributed by atoms with Gasteiger partial charge in [-0.3, -0.25) is 9.59 Å². The summed E-state index contributed by atoms with van der Waals surface area (Å²) in [6.45, 7) is 0.371.